The fourth-order valence-corrected chi connectivity index (χ4v) is 6.16. The summed E-state index contributed by atoms with van der Waals surface area (Å²) < 4.78 is 8.56. The van der Waals surface area contributed by atoms with Crippen LogP contribution in [0.3, 0.4) is 0 Å². The van der Waals surface area contributed by atoms with Crippen LogP contribution in [0.2, 0.25) is 0 Å². The fourth-order valence-electron chi connectivity index (χ4n) is 6.16. The molecule has 0 saturated heterocycles. The third kappa shape index (κ3) is 3.47. The molecule has 2 heterocycles. The van der Waals surface area contributed by atoms with Gasteiger partial charge in [0, 0.05) is 22.0 Å². The molecule has 0 N–H and O–H groups in total. The van der Waals surface area contributed by atoms with E-state index in [4.69, 9.17) is 9.40 Å². The number of allylic oxidation sites excluding steroid dienone is 1. The molecule has 0 bridgehead atoms. The van der Waals surface area contributed by atoms with E-state index in [0.717, 1.165) is 46.6 Å². The summed E-state index contributed by atoms with van der Waals surface area (Å²) >= 11 is 0. The van der Waals surface area contributed by atoms with E-state index in [9.17, 15) is 0 Å². The maximum Gasteiger partial charge on any atom is 0.139 e. The second-order valence-corrected chi connectivity index (χ2v) is 10.3. The first-order chi connectivity index (χ1) is 19.2. The number of aryl methyl sites for hydroxylation is 2. The summed E-state index contributed by atoms with van der Waals surface area (Å²) in [7, 11) is 0. The van der Waals surface area contributed by atoms with Crippen molar-refractivity contribution >= 4 is 39.0 Å². The van der Waals surface area contributed by atoms with Crippen molar-refractivity contribution in [2.45, 2.75) is 19.8 Å². The van der Waals surface area contributed by atoms with E-state index in [1.807, 2.05) is 12.1 Å². The lowest BCUT2D eigenvalue weighted by Crippen LogP contribution is -1.98. The van der Waals surface area contributed by atoms with Crippen LogP contribution < -0.4 is 0 Å². The molecule has 1 aliphatic carbocycles. The summed E-state index contributed by atoms with van der Waals surface area (Å²) in [6.07, 6.45) is 6.61. The molecule has 0 atom stereocenters. The van der Waals surface area contributed by atoms with Crippen LogP contribution in [0.4, 0.5) is 0 Å². The standard InChI is InChI=1S/C36H26N2O/c1-23-37-33-11-5-6-12-34(33)38(23)27-20-18-25(19-21-27)24-14-16-26(17-15-24)31-22-32-29-9-4-7-13-35(29)39-36(32)30-10-3-2-8-28(30)31/h2,4-9,11-22H,3,10H2,1H3. The molecule has 8 rings (SSSR count). The Balaban J connectivity index is 1.18. The predicted molar refractivity (Wildman–Crippen MR) is 161 cm³/mol. The van der Waals surface area contributed by atoms with Crippen LogP contribution in [0.5, 0.6) is 0 Å². The number of furan rings is 1. The van der Waals surface area contributed by atoms with Crippen molar-refractivity contribution in [1.82, 2.24) is 9.55 Å². The van der Waals surface area contributed by atoms with Crippen LogP contribution >= 0.6 is 0 Å². The summed E-state index contributed by atoms with van der Waals surface area (Å²) in [6, 6.07) is 36.7. The highest BCUT2D eigenvalue weighted by molar-refractivity contribution is 6.09. The molecule has 0 amide bonds. The Morgan fingerprint density at radius 2 is 1.46 bits per heavy atom. The number of rotatable bonds is 3. The second kappa shape index (κ2) is 8.57. The number of para-hydroxylation sites is 3. The van der Waals surface area contributed by atoms with Crippen molar-refractivity contribution in [3.8, 4) is 27.9 Å². The molecule has 0 spiro atoms. The van der Waals surface area contributed by atoms with E-state index in [1.165, 1.54) is 44.2 Å². The molecule has 0 saturated carbocycles. The minimum absolute atomic E-state index is 0.957. The topological polar surface area (TPSA) is 31.0 Å². The summed E-state index contributed by atoms with van der Waals surface area (Å²) in [4.78, 5) is 4.72. The third-order valence-electron chi connectivity index (χ3n) is 8.04. The van der Waals surface area contributed by atoms with Gasteiger partial charge in [0.05, 0.1) is 11.0 Å². The van der Waals surface area contributed by atoms with Crippen LogP contribution in [0, 0.1) is 6.92 Å². The van der Waals surface area contributed by atoms with Crippen molar-refractivity contribution in [2.24, 2.45) is 0 Å². The van der Waals surface area contributed by atoms with Gasteiger partial charge in [-0.3, -0.25) is 4.57 Å². The first-order valence-corrected chi connectivity index (χ1v) is 13.5. The molecule has 1 aliphatic rings. The Kier molecular flexibility index (Phi) is 4.86. The van der Waals surface area contributed by atoms with E-state index in [2.05, 4.69) is 115 Å². The number of imidazole rings is 1. The number of hydrogen-bond acceptors (Lipinski definition) is 2. The molecule has 0 fully saturated rings. The van der Waals surface area contributed by atoms with Crippen LogP contribution in [0.25, 0.3) is 67.0 Å². The molecule has 3 heteroatoms. The van der Waals surface area contributed by atoms with Crippen molar-refractivity contribution in [3.63, 3.8) is 0 Å². The van der Waals surface area contributed by atoms with Crippen molar-refractivity contribution in [2.75, 3.05) is 0 Å². The molecule has 2 aromatic heterocycles. The fraction of sp³-hybridized carbons (Fsp3) is 0.0833. The summed E-state index contributed by atoms with van der Waals surface area (Å²) in [6.45, 7) is 2.06. The van der Waals surface area contributed by atoms with Gasteiger partial charge in [-0.25, -0.2) is 4.98 Å². The van der Waals surface area contributed by atoms with Crippen molar-refractivity contribution in [1.29, 1.82) is 0 Å². The lowest BCUT2D eigenvalue weighted by atomic mass is 9.87. The second-order valence-electron chi connectivity index (χ2n) is 10.3. The lowest BCUT2D eigenvalue weighted by molar-refractivity contribution is 0.661. The Labute approximate surface area is 226 Å². The van der Waals surface area contributed by atoms with Crippen molar-refractivity contribution in [3.05, 3.63) is 126 Å². The van der Waals surface area contributed by atoms with Crippen molar-refractivity contribution < 1.29 is 4.42 Å². The molecule has 186 valence electrons. The molecule has 0 aliphatic heterocycles. The van der Waals surface area contributed by atoms with Crippen LogP contribution in [0.15, 0.2) is 114 Å². The Morgan fingerprint density at radius 3 is 2.31 bits per heavy atom. The van der Waals surface area contributed by atoms with Gasteiger partial charge in [-0.05, 0) is 84.0 Å². The highest BCUT2D eigenvalue weighted by Gasteiger charge is 2.20. The van der Waals surface area contributed by atoms with Gasteiger partial charge in [0.15, 0.2) is 0 Å². The van der Waals surface area contributed by atoms with Crippen LogP contribution in [-0.4, -0.2) is 9.55 Å². The number of aromatic nitrogens is 2. The lowest BCUT2D eigenvalue weighted by Gasteiger charge is -2.16. The van der Waals surface area contributed by atoms with Gasteiger partial charge in [-0.2, -0.15) is 0 Å². The van der Waals surface area contributed by atoms with E-state index < -0.39 is 0 Å². The first kappa shape index (κ1) is 22.1. The number of hydrogen-bond donors (Lipinski definition) is 0. The van der Waals surface area contributed by atoms with Crippen LogP contribution in [0.1, 0.15) is 23.4 Å². The maximum atomic E-state index is 6.35. The van der Waals surface area contributed by atoms with Gasteiger partial charge in [-0.1, -0.05) is 78.9 Å². The van der Waals surface area contributed by atoms with Gasteiger partial charge in [0.2, 0.25) is 0 Å². The molecular weight excluding hydrogens is 476 g/mol. The zero-order chi connectivity index (χ0) is 25.9. The zero-order valence-electron chi connectivity index (χ0n) is 21.7. The molecular formula is C36H26N2O. The first-order valence-electron chi connectivity index (χ1n) is 13.5. The van der Waals surface area contributed by atoms with E-state index >= 15 is 0 Å². The average Bonchev–Trinajstić information content (AvgIpc) is 3.54. The quantitative estimate of drug-likeness (QED) is 0.241. The smallest absolute Gasteiger partial charge is 0.139 e. The monoisotopic (exact) mass is 502 g/mol. The molecule has 5 aromatic carbocycles. The molecule has 39 heavy (non-hydrogen) atoms. The zero-order valence-corrected chi connectivity index (χ0v) is 21.7. The summed E-state index contributed by atoms with van der Waals surface area (Å²) in [5.41, 5.74) is 12.8. The highest BCUT2D eigenvalue weighted by atomic mass is 16.3. The Bertz CT molecular complexity index is 2050. The molecule has 3 nitrogen and oxygen atoms in total. The summed E-state index contributed by atoms with van der Waals surface area (Å²) in [5, 5.41) is 2.39. The minimum Gasteiger partial charge on any atom is -0.456 e. The SMILES string of the molecule is Cc1nc2ccccc2n1-c1ccc(-c2ccc(-c3cc4c(oc5ccccc54)c4c3C=CCC4)cc2)cc1. The van der Waals surface area contributed by atoms with E-state index in [1.54, 1.807) is 0 Å². The minimum atomic E-state index is 0.957. The number of fused-ring (bicyclic) bond motifs is 6. The van der Waals surface area contributed by atoms with E-state index in [-0.39, 0.29) is 0 Å². The molecule has 0 radical (unpaired) electrons. The summed E-state index contributed by atoms with van der Waals surface area (Å²) in [5.74, 6) is 0.994. The van der Waals surface area contributed by atoms with Gasteiger partial charge >= 0.3 is 0 Å². The van der Waals surface area contributed by atoms with Gasteiger partial charge in [0.1, 0.15) is 17.0 Å². The predicted octanol–water partition coefficient (Wildman–Crippen LogP) is 9.53. The highest BCUT2D eigenvalue weighted by Crippen LogP contribution is 2.41. The molecule has 0 unspecified atom stereocenters. The number of benzene rings is 5. The number of nitrogens with zero attached hydrogens (tertiary/aromatic N) is 2. The van der Waals surface area contributed by atoms with E-state index in [0.29, 0.717) is 0 Å². The van der Waals surface area contributed by atoms with Gasteiger partial charge < -0.3 is 4.42 Å². The van der Waals surface area contributed by atoms with Gasteiger partial charge in [-0.15, -0.1) is 0 Å². The normalized spacial score (nSPS) is 12.9. The average molecular weight is 503 g/mol. The maximum absolute atomic E-state index is 6.35. The van der Waals surface area contributed by atoms with Crippen LogP contribution in [-0.2, 0) is 6.42 Å². The molecule has 7 aromatic rings. The van der Waals surface area contributed by atoms with Gasteiger partial charge in [0.25, 0.3) is 0 Å². The Hall–Kier alpha value is -4.89. The largest absolute Gasteiger partial charge is 0.456 e. The third-order valence-corrected chi connectivity index (χ3v) is 8.04. The Morgan fingerprint density at radius 1 is 0.744 bits per heavy atom.